The third-order valence-electron chi connectivity index (χ3n) is 4.80. The predicted octanol–water partition coefficient (Wildman–Crippen LogP) is 6.78. The zero-order valence-corrected chi connectivity index (χ0v) is 17.6. The fourth-order valence-electron chi connectivity index (χ4n) is 3.36. The highest BCUT2D eigenvalue weighted by molar-refractivity contribution is 7.80. The molecule has 0 N–H and O–H groups in total. The van der Waals surface area contributed by atoms with Gasteiger partial charge in [-0.05, 0) is 62.4 Å². The van der Waals surface area contributed by atoms with Crippen LogP contribution in [0, 0.1) is 17.7 Å². The first kappa shape index (κ1) is 17.1. The van der Waals surface area contributed by atoms with E-state index in [1.54, 1.807) is 20.7 Å². The Morgan fingerprint density at radius 3 is 2.56 bits per heavy atom. The van der Waals surface area contributed by atoms with Gasteiger partial charge >= 0.3 is 0 Å². The van der Waals surface area contributed by atoms with Gasteiger partial charge in [0.15, 0.2) is 0 Å². The fourth-order valence-corrected chi connectivity index (χ4v) is 7.29. The number of hydrogen-bond acceptors (Lipinski definition) is 5. The summed E-state index contributed by atoms with van der Waals surface area (Å²) in [5.41, 5.74) is 5.18. The van der Waals surface area contributed by atoms with E-state index >= 15 is 0 Å². The average Bonchev–Trinajstić information content (AvgIpc) is 3.19. The highest BCUT2D eigenvalue weighted by Gasteiger charge is 2.43. The number of carbonyl (C=O) groups is 1. The molecule has 0 unspecified atom stereocenters. The number of hydrogen-bond donors (Lipinski definition) is 0. The number of amides is 1. The number of rotatable bonds is 1. The zero-order valence-electron chi connectivity index (χ0n) is 14.4. The highest BCUT2D eigenvalue weighted by atomic mass is 32.9. The topological polar surface area (TPSA) is 20.3 Å². The molecular formula is C19H17NOS4. The maximum Gasteiger partial charge on any atom is 0.269 e. The molecule has 4 rings (SSSR count). The summed E-state index contributed by atoms with van der Waals surface area (Å²) in [5, 5.41) is 1.95. The molecule has 1 aliphatic heterocycles. The third kappa shape index (κ3) is 2.46. The van der Waals surface area contributed by atoms with E-state index in [1.165, 1.54) is 27.3 Å². The van der Waals surface area contributed by atoms with Gasteiger partial charge in [-0.1, -0.05) is 39.0 Å². The van der Waals surface area contributed by atoms with E-state index in [0.29, 0.717) is 0 Å². The Balaban J connectivity index is 2.05. The van der Waals surface area contributed by atoms with Gasteiger partial charge in [0, 0.05) is 11.1 Å². The van der Waals surface area contributed by atoms with Crippen LogP contribution in [0.1, 0.15) is 39.5 Å². The van der Waals surface area contributed by atoms with Crippen molar-refractivity contribution in [3.8, 4) is 11.1 Å². The number of thiophene rings is 1. The second-order valence-corrected chi connectivity index (χ2v) is 10.6. The SMILES string of the molecule is Cc1cc2c(cc1C)N(C(=O)c1cccs1)C(C)(C)c1ssc(=S)c1-2. The number of nitrogens with zero attached hydrogens (tertiary/aromatic N) is 1. The van der Waals surface area contributed by atoms with E-state index in [4.69, 9.17) is 12.2 Å². The Hall–Kier alpha value is -1.34. The molecule has 1 amide bonds. The van der Waals surface area contributed by atoms with Gasteiger partial charge in [0.2, 0.25) is 0 Å². The Morgan fingerprint density at radius 2 is 1.88 bits per heavy atom. The maximum atomic E-state index is 13.4. The van der Waals surface area contributed by atoms with Gasteiger partial charge in [-0.3, -0.25) is 9.69 Å². The quantitative estimate of drug-likeness (QED) is 0.330. The Kier molecular flexibility index (Phi) is 3.99. The summed E-state index contributed by atoms with van der Waals surface area (Å²) in [5.74, 6) is 0.0551. The maximum absolute atomic E-state index is 13.4. The first-order chi connectivity index (χ1) is 11.8. The Bertz CT molecular complexity index is 1040. The van der Waals surface area contributed by atoms with Crippen LogP contribution in [0.15, 0.2) is 29.6 Å². The molecule has 1 aromatic carbocycles. The predicted molar refractivity (Wildman–Crippen MR) is 112 cm³/mol. The summed E-state index contributed by atoms with van der Waals surface area (Å²) in [6.45, 7) is 8.44. The van der Waals surface area contributed by atoms with E-state index in [2.05, 4.69) is 39.8 Å². The second-order valence-electron chi connectivity index (χ2n) is 6.79. The molecule has 6 heteroatoms. The van der Waals surface area contributed by atoms with Crippen LogP contribution < -0.4 is 4.90 Å². The Morgan fingerprint density at radius 1 is 1.16 bits per heavy atom. The van der Waals surface area contributed by atoms with Crippen LogP contribution in [0.25, 0.3) is 11.1 Å². The normalized spacial score (nSPS) is 15.0. The molecule has 128 valence electrons. The summed E-state index contributed by atoms with van der Waals surface area (Å²) in [6.07, 6.45) is 0. The lowest BCUT2D eigenvalue weighted by Crippen LogP contribution is -2.47. The number of benzene rings is 1. The lowest BCUT2D eigenvalue weighted by Gasteiger charge is -2.43. The van der Waals surface area contributed by atoms with E-state index in [0.717, 1.165) is 25.5 Å². The van der Waals surface area contributed by atoms with Gasteiger partial charge in [0.25, 0.3) is 5.91 Å². The molecule has 2 aromatic heterocycles. The van der Waals surface area contributed by atoms with Gasteiger partial charge in [-0.2, -0.15) is 0 Å². The first-order valence-corrected chi connectivity index (χ1v) is 11.4. The van der Waals surface area contributed by atoms with Crippen molar-refractivity contribution in [1.82, 2.24) is 0 Å². The lowest BCUT2D eigenvalue weighted by molar-refractivity contribution is 0.0965. The average molecular weight is 404 g/mol. The molecule has 0 bridgehead atoms. The molecule has 0 aliphatic carbocycles. The Labute approximate surface area is 163 Å². The molecule has 2 nitrogen and oxygen atoms in total. The second kappa shape index (κ2) is 5.84. The summed E-state index contributed by atoms with van der Waals surface area (Å²) in [4.78, 5) is 17.3. The summed E-state index contributed by atoms with van der Waals surface area (Å²) >= 11 is 7.13. The van der Waals surface area contributed by atoms with E-state index in [1.807, 2.05) is 22.4 Å². The highest BCUT2D eigenvalue weighted by Crippen LogP contribution is 2.53. The minimum Gasteiger partial charge on any atom is -0.296 e. The fraction of sp³-hybridized carbons (Fsp3) is 0.263. The monoisotopic (exact) mass is 403 g/mol. The third-order valence-corrected chi connectivity index (χ3v) is 8.99. The van der Waals surface area contributed by atoms with Crippen LogP contribution in [0.3, 0.4) is 0 Å². The molecule has 3 aromatic rings. The first-order valence-electron chi connectivity index (χ1n) is 7.95. The van der Waals surface area contributed by atoms with Crippen LogP contribution in [0.2, 0.25) is 0 Å². The summed E-state index contributed by atoms with van der Waals surface area (Å²) in [7, 11) is 3.33. The largest absolute Gasteiger partial charge is 0.296 e. The number of fused-ring (bicyclic) bond motifs is 3. The van der Waals surface area contributed by atoms with Crippen molar-refractivity contribution in [3.63, 3.8) is 0 Å². The van der Waals surface area contributed by atoms with Crippen LogP contribution >= 0.6 is 44.2 Å². The van der Waals surface area contributed by atoms with Crippen molar-refractivity contribution < 1.29 is 4.79 Å². The molecule has 0 radical (unpaired) electrons. The lowest BCUT2D eigenvalue weighted by atomic mass is 9.85. The summed E-state index contributed by atoms with van der Waals surface area (Å²) < 4.78 is 0.917. The van der Waals surface area contributed by atoms with Gasteiger partial charge in [-0.15, -0.1) is 11.3 Å². The van der Waals surface area contributed by atoms with Crippen molar-refractivity contribution in [2.45, 2.75) is 33.2 Å². The molecule has 1 aliphatic rings. The number of anilines is 1. The van der Waals surface area contributed by atoms with Crippen LogP contribution in [0.4, 0.5) is 5.69 Å². The van der Waals surface area contributed by atoms with Gasteiger partial charge in [0.1, 0.15) is 3.82 Å². The van der Waals surface area contributed by atoms with E-state index < -0.39 is 5.54 Å². The van der Waals surface area contributed by atoms with Gasteiger partial charge < -0.3 is 0 Å². The smallest absolute Gasteiger partial charge is 0.269 e. The molecule has 0 fully saturated rings. The van der Waals surface area contributed by atoms with Crippen molar-refractivity contribution in [3.05, 3.63) is 54.4 Å². The van der Waals surface area contributed by atoms with Crippen molar-refractivity contribution >= 4 is 55.8 Å². The van der Waals surface area contributed by atoms with Crippen molar-refractivity contribution in [2.75, 3.05) is 4.90 Å². The minimum atomic E-state index is -0.427. The van der Waals surface area contributed by atoms with Gasteiger partial charge in [0.05, 0.1) is 21.0 Å². The molecule has 0 atom stereocenters. The van der Waals surface area contributed by atoms with Crippen molar-refractivity contribution in [2.24, 2.45) is 0 Å². The van der Waals surface area contributed by atoms with Crippen LogP contribution in [0.5, 0.6) is 0 Å². The molecule has 3 heterocycles. The molecule has 0 saturated heterocycles. The molecule has 0 spiro atoms. The number of carbonyl (C=O) groups excluding carboxylic acids is 1. The van der Waals surface area contributed by atoms with Crippen LogP contribution in [-0.2, 0) is 5.54 Å². The zero-order chi connectivity index (χ0) is 17.9. The standard InChI is InChI=1S/C19H17NOS4/c1-10-8-12-13(9-11(10)2)20(17(21)14-6-5-7-23-14)19(3,4)16-15(12)18(22)25-24-16/h5-9H,1-4H3. The minimum absolute atomic E-state index is 0.0551. The molecule has 0 saturated carbocycles. The molecular weight excluding hydrogens is 386 g/mol. The van der Waals surface area contributed by atoms with E-state index in [-0.39, 0.29) is 5.91 Å². The van der Waals surface area contributed by atoms with Crippen molar-refractivity contribution in [1.29, 1.82) is 0 Å². The van der Waals surface area contributed by atoms with E-state index in [9.17, 15) is 4.79 Å². The molecule has 25 heavy (non-hydrogen) atoms. The number of aryl methyl sites for hydroxylation is 2. The van der Waals surface area contributed by atoms with Crippen LogP contribution in [-0.4, -0.2) is 5.91 Å². The summed E-state index contributed by atoms with van der Waals surface area (Å²) in [6, 6.07) is 8.14. The van der Waals surface area contributed by atoms with Gasteiger partial charge in [-0.25, -0.2) is 0 Å².